The first-order valence-electron chi connectivity index (χ1n) is 8.74. The van der Waals surface area contributed by atoms with Gasteiger partial charge in [0, 0.05) is 36.3 Å². The van der Waals surface area contributed by atoms with E-state index in [2.05, 4.69) is 10.6 Å². The summed E-state index contributed by atoms with van der Waals surface area (Å²) in [5.74, 6) is -0.000440. The smallest absolute Gasteiger partial charge is 0.259 e. The van der Waals surface area contributed by atoms with Gasteiger partial charge in [-0.1, -0.05) is 18.5 Å². The van der Waals surface area contributed by atoms with Gasteiger partial charge in [-0.3, -0.25) is 9.59 Å². The van der Waals surface area contributed by atoms with Crippen LogP contribution in [0.4, 0.5) is 11.4 Å². The molecule has 0 saturated heterocycles. The maximum atomic E-state index is 12.7. The van der Waals surface area contributed by atoms with Crippen molar-refractivity contribution in [3.63, 3.8) is 0 Å². The highest BCUT2D eigenvalue weighted by molar-refractivity contribution is 6.33. The molecule has 0 saturated carbocycles. The van der Waals surface area contributed by atoms with Crippen LogP contribution < -0.4 is 15.4 Å². The van der Waals surface area contributed by atoms with Gasteiger partial charge in [0.05, 0.1) is 23.4 Å². The Labute approximate surface area is 168 Å². The number of carbonyl (C=O) groups excluding carboxylic acids is 2. The Morgan fingerprint density at radius 1 is 1.04 bits per heavy atom. The number of aromatic nitrogens is 1. The zero-order chi connectivity index (χ0) is 20.1. The fourth-order valence-corrected chi connectivity index (χ4v) is 2.93. The zero-order valence-electron chi connectivity index (χ0n) is 15.5. The van der Waals surface area contributed by atoms with Crippen molar-refractivity contribution >= 4 is 34.8 Å². The van der Waals surface area contributed by atoms with Gasteiger partial charge >= 0.3 is 0 Å². The number of carbonyl (C=O) groups is 2. The number of amides is 2. The fraction of sp³-hybridized carbons (Fsp3) is 0.143. The van der Waals surface area contributed by atoms with Gasteiger partial charge in [-0.25, -0.2) is 0 Å². The van der Waals surface area contributed by atoms with Crippen LogP contribution in [0.25, 0.3) is 5.69 Å². The number of nitrogens with zero attached hydrogens (tertiary/aromatic N) is 1. The van der Waals surface area contributed by atoms with E-state index >= 15 is 0 Å². The van der Waals surface area contributed by atoms with E-state index < -0.39 is 0 Å². The standard InChI is InChI=1S/C21H20ClN3O3/c1-3-20(26)23-14-6-8-15(9-7-14)24-21(27)16-12-17(22)18(13-19(16)28-2)25-10-4-5-11-25/h4-13H,3H2,1-2H3,(H,23,26)(H,24,27). The number of rotatable bonds is 6. The lowest BCUT2D eigenvalue weighted by Gasteiger charge is -2.14. The Kier molecular flexibility index (Phi) is 6.01. The number of nitrogens with one attached hydrogen (secondary N) is 2. The summed E-state index contributed by atoms with van der Waals surface area (Å²) in [6, 6.07) is 14.0. The molecule has 0 spiro atoms. The van der Waals surface area contributed by atoms with Crippen molar-refractivity contribution in [2.75, 3.05) is 17.7 Å². The van der Waals surface area contributed by atoms with Crippen molar-refractivity contribution in [1.82, 2.24) is 4.57 Å². The zero-order valence-corrected chi connectivity index (χ0v) is 16.3. The molecule has 1 aromatic heterocycles. The minimum atomic E-state index is -0.344. The molecule has 0 radical (unpaired) electrons. The van der Waals surface area contributed by atoms with Crippen LogP contribution in [0.2, 0.25) is 5.02 Å². The summed E-state index contributed by atoms with van der Waals surface area (Å²) in [6.07, 6.45) is 4.12. The van der Waals surface area contributed by atoms with Gasteiger partial charge in [0.25, 0.3) is 5.91 Å². The first-order chi connectivity index (χ1) is 13.5. The molecule has 0 aliphatic heterocycles. The third kappa shape index (κ3) is 4.35. The number of anilines is 2. The Morgan fingerprint density at radius 2 is 1.64 bits per heavy atom. The van der Waals surface area contributed by atoms with Crippen LogP contribution in [0.15, 0.2) is 60.9 Å². The minimum Gasteiger partial charge on any atom is -0.496 e. The SMILES string of the molecule is CCC(=O)Nc1ccc(NC(=O)c2cc(Cl)c(-n3cccc3)cc2OC)cc1. The molecular formula is C21H20ClN3O3. The lowest BCUT2D eigenvalue weighted by atomic mass is 10.1. The lowest BCUT2D eigenvalue weighted by molar-refractivity contribution is -0.115. The summed E-state index contributed by atoms with van der Waals surface area (Å²) in [5, 5.41) is 6.00. The second kappa shape index (κ2) is 8.63. The summed E-state index contributed by atoms with van der Waals surface area (Å²) >= 11 is 6.38. The number of methoxy groups -OCH3 is 1. The van der Waals surface area contributed by atoms with Crippen molar-refractivity contribution in [2.45, 2.75) is 13.3 Å². The number of halogens is 1. The van der Waals surface area contributed by atoms with Crippen molar-refractivity contribution in [1.29, 1.82) is 0 Å². The number of benzene rings is 2. The first kappa shape index (κ1) is 19.5. The predicted molar refractivity (Wildman–Crippen MR) is 111 cm³/mol. The highest BCUT2D eigenvalue weighted by Gasteiger charge is 2.17. The topological polar surface area (TPSA) is 72.4 Å². The molecule has 3 aromatic rings. The van der Waals surface area contributed by atoms with E-state index in [1.807, 2.05) is 29.1 Å². The number of hydrogen-bond acceptors (Lipinski definition) is 3. The van der Waals surface area contributed by atoms with Gasteiger partial charge in [0.1, 0.15) is 5.75 Å². The van der Waals surface area contributed by atoms with Crippen molar-refractivity contribution in [3.8, 4) is 11.4 Å². The molecule has 0 unspecified atom stereocenters. The molecule has 1 heterocycles. The van der Waals surface area contributed by atoms with Gasteiger partial charge in [-0.05, 0) is 42.5 Å². The average Bonchev–Trinajstić information content (AvgIpc) is 3.23. The van der Waals surface area contributed by atoms with Gasteiger partial charge < -0.3 is 19.9 Å². The molecule has 2 aromatic carbocycles. The molecule has 0 bridgehead atoms. The van der Waals surface area contributed by atoms with Crippen molar-refractivity contribution < 1.29 is 14.3 Å². The Balaban J connectivity index is 1.80. The van der Waals surface area contributed by atoms with Crippen LogP contribution in [0.5, 0.6) is 5.75 Å². The quantitative estimate of drug-likeness (QED) is 0.631. The second-order valence-electron chi connectivity index (χ2n) is 6.03. The minimum absolute atomic E-state index is 0.0704. The first-order valence-corrected chi connectivity index (χ1v) is 9.11. The molecule has 0 aliphatic carbocycles. The van der Waals surface area contributed by atoms with Gasteiger partial charge in [-0.2, -0.15) is 0 Å². The lowest BCUT2D eigenvalue weighted by Crippen LogP contribution is -2.14. The maximum Gasteiger partial charge on any atom is 0.259 e. The molecule has 2 amide bonds. The molecule has 0 aliphatic rings. The molecular weight excluding hydrogens is 378 g/mol. The molecule has 0 fully saturated rings. The molecule has 2 N–H and O–H groups in total. The number of hydrogen-bond donors (Lipinski definition) is 2. The van der Waals surface area contributed by atoms with Gasteiger partial charge in [0.15, 0.2) is 0 Å². The van der Waals surface area contributed by atoms with E-state index in [9.17, 15) is 9.59 Å². The van der Waals surface area contributed by atoms with Crippen molar-refractivity contribution in [2.24, 2.45) is 0 Å². The van der Waals surface area contributed by atoms with Gasteiger partial charge in [-0.15, -0.1) is 0 Å². The largest absolute Gasteiger partial charge is 0.496 e. The van der Waals surface area contributed by atoms with Crippen LogP contribution in [0.3, 0.4) is 0 Å². The predicted octanol–water partition coefficient (Wildman–Crippen LogP) is 4.74. The van der Waals surface area contributed by atoms with E-state index in [0.717, 1.165) is 5.69 Å². The third-order valence-corrected chi connectivity index (χ3v) is 4.45. The molecule has 144 valence electrons. The second-order valence-corrected chi connectivity index (χ2v) is 6.43. The monoisotopic (exact) mass is 397 g/mol. The highest BCUT2D eigenvalue weighted by atomic mass is 35.5. The Bertz CT molecular complexity index is 983. The van der Waals surface area contributed by atoms with Gasteiger partial charge in [0.2, 0.25) is 5.91 Å². The molecule has 28 heavy (non-hydrogen) atoms. The van der Waals surface area contributed by atoms with E-state index in [1.54, 1.807) is 43.3 Å². The molecule has 3 rings (SSSR count). The molecule has 6 nitrogen and oxygen atoms in total. The molecule has 7 heteroatoms. The van der Waals surface area contributed by atoms with E-state index in [4.69, 9.17) is 16.3 Å². The average molecular weight is 398 g/mol. The summed E-state index contributed by atoms with van der Waals surface area (Å²) < 4.78 is 7.24. The maximum absolute atomic E-state index is 12.7. The van der Waals surface area contributed by atoms with E-state index in [-0.39, 0.29) is 11.8 Å². The summed E-state index contributed by atoms with van der Waals surface area (Å²) in [7, 11) is 1.50. The van der Waals surface area contributed by atoms with E-state index in [0.29, 0.717) is 34.1 Å². The summed E-state index contributed by atoms with van der Waals surface area (Å²) in [4.78, 5) is 24.2. The van der Waals surface area contributed by atoms with Crippen LogP contribution in [-0.2, 0) is 4.79 Å². The molecule has 0 atom stereocenters. The highest BCUT2D eigenvalue weighted by Crippen LogP contribution is 2.30. The van der Waals surface area contributed by atoms with Crippen molar-refractivity contribution in [3.05, 3.63) is 71.5 Å². The summed E-state index contributed by atoms with van der Waals surface area (Å²) in [6.45, 7) is 1.78. The van der Waals surface area contributed by atoms with Crippen LogP contribution in [0, 0.1) is 0 Å². The van der Waals surface area contributed by atoms with Crippen LogP contribution in [-0.4, -0.2) is 23.5 Å². The van der Waals surface area contributed by atoms with Crippen LogP contribution in [0.1, 0.15) is 23.7 Å². The number of ether oxygens (including phenoxy) is 1. The third-order valence-electron chi connectivity index (χ3n) is 4.14. The fourth-order valence-electron chi connectivity index (χ4n) is 2.67. The van der Waals surface area contributed by atoms with Crippen LogP contribution >= 0.6 is 11.6 Å². The summed E-state index contributed by atoms with van der Waals surface area (Å²) in [5.41, 5.74) is 2.30. The Morgan fingerprint density at radius 3 is 2.21 bits per heavy atom. The van der Waals surface area contributed by atoms with E-state index in [1.165, 1.54) is 7.11 Å². The normalized spacial score (nSPS) is 10.4. The Hall–Kier alpha value is -3.25.